The molecule has 0 aromatic rings. The molecule has 0 heterocycles. The minimum absolute atomic E-state index is 0.0707. The van der Waals surface area contributed by atoms with Gasteiger partial charge in [-0.05, 0) is 77.0 Å². The highest BCUT2D eigenvalue weighted by atomic mass is 16.6. The van der Waals surface area contributed by atoms with Crippen molar-refractivity contribution in [2.75, 3.05) is 13.2 Å². The monoisotopic (exact) mass is 1100 g/mol. The van der Waals surface area contributed by atoms with Crippen molar-refractivity contribution in [2.24, 2.45) is 0 Å². The van der Waals surface area contributed by atoms with Crippen molar-refractivity contribution < 1.29 is 28.6 Å². The topological polar surface area (TPSA) is 78.9 Å². The molecule has 0 aliphatic carbocycles. The highest BCUT2D eigenvalue weighted by Gasteiger charge is 2.19. The molecule has 0 rings (SSSR count). The Morgan fingerprint density at radius 1 is 0.256 bits per heavy atom. The first kappa shape index (κ1) is 75.6. The van der Waals surface area contributed by atoms with E-state index in [4.69, 9.17) is 14.2 Å². The average molecular weight is 1100 g/mol. The molecule has 78 heavy (non-hydrogen) atoms. The molecule has 458 valence electrons. The molecule has 0 radical (unpaired) electrons. The number of carbonyl (C=O) groups is 3. The van der Waals surface area contributed by atoms with E-state index in [0.717, 1.165) is 70.6 Å². The van der Waals surface area contributed by atoms with Gasteiger partial charge in [-0.15, -0.1) is 0 Å². The zero-order valence-corrected chi connectivity index (χ0v) is 52.7. The van der Waals surface area contributed by atoms with Gasteiger partial charge < -0.3 is 14.2 Å². The number of rotatable bonds is 65. The second-order valence-electron chi connectivity index (χ2n) is 23.8. The molecule has 0 aliphatic rings. The Bertz CT molecular complexity index is 1300. The van der Waals surface area contributed by atoms with Gasteiger partial charge in [0.25, 0.3) is 0 Å². The van der Waals surface area contributed by atoms with Crippen molar-refractivity contribution in [3.05, 3.63) is 36.5 Å². The highest BCUT2D eigenvalue weighted by molar-refractivity contribution is 5.71. The summed E-state index contributed by atoms with van der Waals surface area (Å²) < 4.78 is 17.0. The van der Waals surface area contributed by atoms with Crippen LogP contribution in [0.15, 0.2) is 36.5 Å². The van der Waals surface area contributed by atoms with Crippen molar-refractivity contribution in [1.82, 2.24) is 0 Å². The number of esters is 3. The molecule has 0 fully saturated rings. The second-order valence-corrected chi connectivity index (χ2v) is 23.8. The van der Waals surface area contributed by atoms with Crippen LogP contribution in [0.1, 0.15) is 387 Å². The minimum atomic E-state index is -0.776. The normalized spacial score (nSPS) is 12.2. The fraction of sp³-hybridized carbons (Fsp3) is 0.875. The molecule has 6 nitrogen and oxygen atoms in total. The quantitative estimate of drug-likeness (QED) is 0.0261. The summed E-state index contributed by atoms with van der Waals surface area (Å²) in [5, 5.41) is 0. The number of unbranched alkanes of at least 4 members (excludes halogenated alkanes) is 48. The lowest BCUT2D eigenvalue weighted by Crippen LogP contribution is -2.30. The van der Waals surface area contributed by atoms with Crippen molar-refractivity contribution in [3.63, 3.8) is 0 Å². The van der Waals surface area contributed by atoms with E-state index in [2.05, 4.69) is 57.2 Å². The first-order valence-corrected chi connectivity index (χ1v) is 35.0. The summed E-state index contributed by atoms with van der Waals surface area (Å²) in [6.07, 6.45) is 83.1. The average Bonchev–Trinajstić information content (AvgIpc) is 3.44. The van der Waals surface area contributed by atoms with Crippen LogP contribution in [0.3, 0.4) is 0 Å². The van der Waals surface area contributed by atoms with Gasteiger partial charge in [0.2, 0.25) is 0 Å². The van der Waals surface area contributed by atoms with Gasteiger partial charge in [0.05, 0.1) is 0 Å². The standard InChI is InChI=1S/C72H134O6/c1-4-7-10-13-16-19-22-25-28-31-33-34-35-36-37-39-41-44-47-50-53-56-59-62-65-71(74)77-68-69(67-76-70(73)64-61-58-55-52-49-46-43-40-30-27-24-21-18-15-12-9-6-3)78-72(75)66-63-60-57-54-51-48-45-42-38-32-29-26-23-20-17-14-11-8-5-2/h18,21,26-27,29-30,69H,4-17,19-20,22-25,28,31-68H2,1-3H3/b21-18-,29-26-,30-27-. The SMILES string of the molecule is CCCCC/C=C\C/C=C\CCCCCCCCCC(=O)OCC(COC(=O)CCCCCCCCCCCCCCCCCCCCCCCCCC)OC(=O)CCCCCCCCCCC/C=C\CCCCCCCC. The third-order valence-corrected chi connectivity index (χ3v) is 15.9. The van der Waals surface area contributed by atoms with Crippen molar-refractivity contribution in [1.29, 1.82) is 0 Å². The molecule has 0 bridgehead atoms. The maximum absolute atomic E-state index is 12.9. The van der Waals surface area contributed by atoms with Crippen LogP contribution in [0.25, 0.3) is 0 Å². The van der Waals surface area contributed by atoms with E-state index in [-0.39, 0.29) is 31.1 Å². The molecule has 0 aliphatic heterocycles. The Morgan fingerprint density at radius 2 is 0.462 bits per heavy atom. The summed E-state index contributed by atoms with van der Waals surface area (Å²) in [7, 11) is 0. The molecule has 6 heteroatoms. The Labute approximate surface area is 486 Å². The summed E-state index contributed by atoms with van der Waals surface area (Å²) in [4.78, 5) is 38.4. The lowest BCUT2D eigenvalue weighted by Gasteiger charge is -2.18. The van der Waals surface area contributed by atoms with Gasteiger partial charge in [0, 0.05) is 19.3 Å². The van der Waals surface area contributed by atoms with E-state index >= 15 is 0 Å². The van der Waals surface area contributed by atoms with Crippen molar-refractivity contribution >= 4 is 17.9 Å². The van der Waals surface area contributed by atoms with E-state index in [1.807, 2.05) is 0 Å². The molecular weight excluding hydrogens is 961 g/mol. The van der Waals surface area contributed by atoms with Crippen molar-refractivity contribution in [2.45, 2.75) is 393 Å². The zero-order valence-electron chi connectivity index (χ0n) is 52.7. The Hall–Kier alpha value is -2.37. The van der Waals surface area contributed by atoms with Crippen LogP contribution >= 0.6 is 0 Å². The molecule has 0 spiro atoms. The molecule has 0 amide bonds. The summed E-state index contributed by atoms with van der Waals surface area (Å²) >= 11 is 0. The van der Waals surface area contributed by atoms with Gasteiger partial charge in [-0.25, -0.2) is 0 Å². The Kier molecular flexibility index (Phi) is 65.1. The van der Waals surface area contributed by atoms with E-state index in [1.54, 1.807) is 0 Å². The predicted molar refractivity (Wildman–Crippen MR) is 339 cm³/mol. The molecule has 0 saturated heterocycles. The molecule has 0 aromatic carbocycles. The summed E-state index contributed by atoms with van der Waals surface area (Å²) in [6.45, 7) is 6.68. The molecule has 0 saturated carbocycles. The largest absolute Gasteiger partial charge is 0.462 e. The van der Waals surface area contributed by atoms with E-state index < -0.39 is 6.10 Å². The summed E-state index contributed by atoms with van der Waals surface area (Å²) in [5.74, 6) is -0.852. The van der Waals surface area contributed by atoms with Crippen molar-refractivity contribution in [3.8, 4) is 0 Å². The van der Waals surface area contributed by atoms with Gasteiger partial charge in [0.15, 0.2) is 6.10 Å². The van der Waals surface area contributed by atoms with E-state index in [0.29, 0.717) is 19.3 Å². The number of hydrogen-bond acceptors (Lipinski definition) is 6. The smallest absolute Gasteiger partial charge is 0.306 e. The maximum Gasteiger partial charge on any atom is 0.306 e. The molecule has 0 N–H and O–H groups in total. The van der Waals surface area contributed by atoms with Crippen LogP contribution in [0, 0.1) is 0 Å². The lowest BCUT2D eigenvalue weighted by molar-refractivity contribution is -0.167. The summed E-state index contributed by atoms with van der Waals surface area (Å²) in [5.41, 5.74) is 0. The predicted octanol–water partition coefficient (Wildman–Crippen LogP) is 23.9. The third-order valence-electron chi connectivity index (χ3n) is 15.9. The molecule has 1 atom stereocenters. The number of ether oxygens (including phenoxy) is 3. The first-order chi connectivity index (χ1) is 38.5. The maximum atomic E-state index is 12.9. The number of carbonyl (C=O) groups excluding carboxylic acids is 3. The summed E-state index contributed by atoms with van der Waals surface area (Å²) in [6, 6.07) is 0. The Morgan fingerprint density at radius 3 is 0.744 bits per heavy atom. The molecular formula is C72H134O6. The first-order valence-electron chi connectivity index (χ1n) is 35.0. The van der Waals surface area contributed by atoms with E-state index in [1.165, 1.54) is 276 Å². The van der Waals surface area contributed by atoms with Gasteiger partial charge in [0.1, 0.15) is 13.2 Å². The van der Waals surface area contributed by atoms with Gasteiger partial charge >= 0.3 is 17.9 Å². The number of allylic oxidation sites excluding steroid dienone is 6. The van der Waals surface area contributed by atoms with Crippen LogP contribution in [0.4, 0.5) is 0 Å². The highest BCUT2D eigenvalue weighted by Crippen LogP contribution is 2.18. The molecule has 0 aromatic heterocycles. The fourth-order valence-electron chi connectivity index (χ4n) is 10.6. The van der Waals surface area contributed by atoms with Gasteiger partial charge in [-0.1, -0.05) is 327 Å². The number of hydrogen-bond donors (Lipinski definition) is 0. The van der Waals surface area contributed by atoms with Crippen LogP contribution in [-0.4, -0.2) is 37.2 Å². The fourth-order valence-corrected chi connectivity index (χ4v) is 10.6. The van der Waals surface area contributed by atoms with Crippen LogP contribution in [0.2, 0.25) is 0 Å². The van der Waals surface area contributed by atoms with Crippen LogP contribution in [0.5, 0.6) is 0 Å². The lowest BCUT2D eigenvalue weighted by atomic mass is 10.0. The van der Waals surface area contributed by atoms with E-state index in [9.17, 15) is 14.4 Å². The third kappa shape index (κ3) is 64.5. The Balaban J connectivity index is 4.29. The molecule has 1 unspecified atom stereocenters. The van der Waals surface area contributed by atoms with Crippen LogP contribution in [-0.2, 0) is 28.6 Å². The van der Waals surface area contributed by atoms with Gasteiger partial charge in [-0.2, -0.15) is 0 Å². The van der Waals surface area contributed by atoms with Crippen LogP contribution < -0.4 is 0 Å². The minimum Gasteiger partial charge on any atom is -0.462 e. The second kappa shape index (κ2) is 67.1. The van der Waals surface area contributed by atoms with Gasteiger partial charge in [-0.3, -0.25) is 14.4 Å². The zero-order chi connectivity index (χ0) is 56.4.